The van der Waals surface area contributed by atoms with Gasteiger partial charge >= 0.3 is 5.97 Å². The number of carbonyl (C=O) groups is 2. The van der Waals surface area contributed by atoms with E-state index in [0.717, 1.165) is 6.41 Å². The van der Waals surface area contributed by atoms with Crippen LogP contribution in [0, 0.1) is 0 Å². The fourth-order valence-corrected chi connectivity index (χ4v) is 3.89. The van der Waals surface area contributed by atoms with Crippen molar-refractivity contribution in [1.29, 1.82) is 0 Å². The number of benzene rings is 2. The first-order valence-corrected chi connectivity index (χ1v) is 9.61. The Bertz CT molecular complexity index is 985. The van der Waals surface area contributed by atoms with Gasteiger partial charge in [-0.3, -0.25) is 14.2 Å². The van der Waals surface area contributed by atoms with Crippen molar-refractivity contribution >= 4 is 41.7 Å². The number of carboxylic acids is 1. The topological polar surface area (TPSA) is 113 Å². The van der Waals surface area contributed by atoms with E-state index in [4.69, 9.17) is 5.11 Å². The van der Waals surface area contributed by atoms with Gasteiger partial charge in [0, 0.05) is 19.4 Å². The Balaban J connectivity index is 0.000000465. The minimum atomic E-state index is -3.98. The lowest BCUT2D eigenvalue weighted by molar-refractivity contribution is -0.137. The summed E-state index contributed by atoms with van der Waals surface area (Å²) in [5.74, 6) is -1.10. The first-order valence-electron chi connectivity index (χ1n) is 7.95. The summed E-state index contributed by atoms with van der Waals surface area (Å²) >= 11 is 0. The van der Waals surface area contributed by atoms with E-state index in [1.54, 1.807) is 56.6 Å². The largest absolute Gasteiger partial charge is 0.480 e. The lowest BCUT2D eigenvalue weighted by Crippen LogP contribution is -2.27. The van der Waals surface area contributed by atoms with Crippen LogP contribution >= 0.6 is 7.37 Å². The molecule has 8 nitrogen and oxygen atoms in total. The van der Waals surface area contributed by atoms with Crippen LogP contribution in [0.3, 0.4) is 0 Å². The van der Waals surface area contributed by atoms with Crippen molar-refractivity contribution in [3.05, 3.63) is 54.6 Å². The summed E-state index contributed by atoms with van der Waals surface area (Å²) < 4.78 is 14.2. The van der Waals surface area contributed by atoms with Gasteiger partial charge in [-0.1, -0.05) is 30.3 Å². The number of carboxylic acid groups (broad SMARTS) is 1. The van der Waals surface area contributed by atoms with Crippen LogP contribution in [-0.2, 0) is 20.7 Å². The van der Waals surface area contributed by atoms with Crippen molar-refractivity contribution in [2.24, 2.45) is 0 Å². The third kappa shape index (κ3) is 4.81. The summed E-state index contributed by atoms with van der Waals surface area (Å²) in [6.45, 7) is -0.423. The molecule has 0 saturated carbocycles. The minimum Gasteiger partial charge on any atom is -0.480 e. The van der Waals surface area contributed by atoms with Crippen molar-refractivity contribution in [3.63, 3.8) is 0 Å². The summed E-state index contributed by atoms with van der Waals surface area (Å²) in [5.41, 5.74) is 0.886. The van der Waals surface area contributed by atoms with Gasteiger partial charge in [-0.05, 0) is 24.3 Å². The molecule has 0 spiro atoms. The first kappa shape index (κ1) is 20.4. The second-order valence-corrected chi connectivity index (χ2v) is 7.93. The van der Waals surface area contributed by atoms with Crippen LogP contribution < -0.4 is 10.9 Å². The first-order chi connectivity index (χ1) is 12.8. The molecular weight excluding hydrogens is 369 g/mol. The second kappa shape index (κ2) is 8.62. The van der Waals surface area contributed by atoms with Crippen LogP contribution in [0.1, 0.15) is 0 Å². The van der Waals surface area contributed by atoms with Gasteiger partial charge in [-0.15, -0.1) is 0 Å². The normalized spacial score (nSPS) is 12.6. The van der Waals surface area contributed by atoms with Crippen molar-refractivity contribution < 1.29 is 24.2 Å². The van der Waals surface area contributed by atoms with Gasteiger partial charge in [0.25, 0.3) is 7.37 Å². The Morgan fingerprint density at radius 3 is 2.26 bits per heavy atom. The molecule has 3 rings (SSSR count). The van der Waals surface area contributed by atoms with E-state index in [1.807, 2.05) is 0 Å². The highest BCUT2D eigenvalue weighted by Gasteiger charge is 2.31. The number of rotatable bonds is 5. The third-order valence-electron chi connectivity index (χ3n) is 3.52. The summed E-state index contributed by atoms with van der Waals surface area (Å²) in [6, 6.07) is 15.0. The predicted molar refractivity (Wildman–Crippen MR) is 103 cm³/mol. The maximum absolute atomic E-state index is 12.9. The second-order valence-electron chi connectivity index (χ2n) is 5.86. The fourth-order valence-electron chi connectivity index (χ4n) is 2.33. The Kier molecular flexibility index (Phi) is 6.50. The molecule has 0 radical (unpaired) electrons. The number of para-hydroxylation sites is 2. The molecule has 2 N–H and O–H groups in total. The maximum atomic E-state index is 12.9. The molecule has 1 heterocycles. The van der Waals surface area contributed by atoms with E-state index in [2.05, 4.69) is 4.98 Å². The number of carbonyl (C=O) groups excluding carboxylic acids is 1. The number of fused-ring (bicyclic) bond motifs is 1. The van der Waals surface area contributed by atoms with Gasteiger partial charge in [0.15, 0.2) is 0 Å². The highest BCUT2D eigenvalue weighted by Crippen LogP contribution is 2.38. The van der Waals surface area contributed by atoms with E-state index >= 15 is 0 Å². The number of amides is 1. The predicted octanol–water partition coefficient (Wildman–Crippen LogP) is 1.05. The summed E-state index contributed by atoms with van der Waals surface area (Å²) in [7, 11) is -0.600. The Morgan fingerprint density at radius 2 is 1.70 bits per heavy atom. The highest BCUT2D eigenvalue weighted by molar-refractivity contribution is 7.73. The van der Waals surface area contributed by atoms with Gasteiger partial charge < -0.3 is 19.5 Å². The van der Waals surface area contributed by atoms with E-state index in [-0.39, 0.29) is 10.9 Å². The van der Waals surface area contributed by atoms with E-state index in [1.165, 1.54) is 21.6 Å². The van der Waals surface area contributed by atoms with E-state index in [9.17, 15) is 19.0 Å². The zero-order chi connectivity index (χ0) is 20.0. The van der Waals surface area contributed by atoms with Crippen molar-refractivity contribution in [3.8, 4) is 0 Å². The van der Waals surface area contributed by atoms with Crippen molar-refractivity contribution in [2.75, 3.05) is 14.1 Å². The molecule has 1 aromatic heterocycles. The summed E-state index contributed by atoms with van der Waals surface area (Å²) in [5, 5.41) is 9.30. The standard InChI is InChI=1S/C15H13N2O4P.C3H7NO/c18-14(19)10-17-13-9-5-4-8-12(13)16-15(17)22(20,21)11-6-2-1-3-7-11;1-4(2)3-5/h1-9H,10H2,(H,18,19)(H,20,21);3H,1-2H3. The molecule has 0 aliphatic rings. The Hall–Kier alpha value is -2.96. The van der Waals surface area contributed by atoms with Gasteiger partial charge in [0.05, 0.1) is 11.0 Å². The monoisotopic (exact) mass is 389 g/mol. The quantitative estimate of drug-likeness (QED) is 0.498. The summed E-state index contributed by atoms with van der Waals surface area (Å²) in [4.78, 5) is 36.7. The minimum absolute atomic E-state index is 0.123. The molecule has 0 fully saturated rings. The van der Waals surface area contributed by atoms with Crippen molar-refractivity contribution in [2.45, 2.75) is 6.54 Å². The molecule has 1 amide bonds. The van der Waals surface area contributed by atoms with Crippen LogP contribution in [0.2, 0.25) is 0 Å². The van der Waals surface area contributed by atoms with E-state index in [0.29, 0.717) is 11.0 Å². The van der Waals surface area contributed by atoms with Crippen LogP contribution in [0.5, 0.6) is 0 Å². The number of hydrogen-bond donors (Lipinski definition) is 2. The van der Waals surface area contributed by atoms with Gasteiger partial charge in [0.2, 0.25) is 12.0 Å². The lowest BCUT2D eigenvalue weighted by atomic mass is 10.3. The highest BCUT2D eigenvalue weighted by atomic mass is 31.2. The maximum Gasteiger partial charge on any atom is 0.323 e. The van der Waals surface area contributed by atoms with Crippen LogP contribution in [0.25, 0.3) is 11.0 Å². The molecule has 0 bridgehead atoms. The SMILES string of the molecule is CN(C)C=O.O=C(O)Cn1c(P(=O)(O)c2ccccc2)nc2ccccc21. The number of nitrogens with zero attached hydrogens (tertiary/aromatic N) is 3. The molecule has 3 aromatic rings. The van der Waals surface area contributed by atoms with Crippen LogP contribution in [0.15, 0.2) is 54.6 Å². The van der Waals surface area contributed by atoms with Gasteiger partial charge in [-0.25, -0.2) is 4.98 Å². The molecule has 1 atom stereocenters. The van der Waals surface area contributed by atoms with E-state index < -0.39 is 19.9 Å². The molecule has 0 aliphatic carbocycles. The molecule has 142 valence electrons. The molecular formula is C18H20N3O5P. The summed E-state index contributed by atoms with van der Waals surface area (Å²) in [6.07, 6.45) is 0.750. The molecule has 27 heavy (non-hydrogen) atoms. The number of imidazole rings is 1. The van der Waals surface area contributed by atoms with Crippen LogP contribution in [-0.4, -0.2) is 50.9 Å². The fraction of sp³-hybridized carbons (Fsp3) is 0.167. The van der Waals surface area contributed by atoms with Crippen LogP contribution in [0.4, 0.5) is 0 Å². The molecule has 9 heteroatoms. The number of hydrogen-bond acceptors (Lipinski definition) is 4. The number of aliphatic carboxylic acids is 1. The zero-order valence-corrected chi connectivity index (χ0v) is 15.8. The van der Waals surface area contributed by atoms with Gasteiger partial charge in [-0.2, -0.15) is 0 Å². The molecule has 0 saturated heterocycles. The molecule has 0 aliphatic heterocycles. The Labute approximate surface area is 156 Å². The smallest absolute Gasteiger partial charge is 0.323 e. The number of aromatic nitrogens is 2. The van der Waals surface area contributed by atoms with Crippen molar-refractivity contribution in [1.82, 2.24) is 14.5 Å². The Morgan fingerprint density at radius 1 is 1.15 bits per heavy atom. The zero-order valence-electron chi connectivity index (χ0n) is 14.9. The van der Waals surface area contributed by atoms with Gasteiger partial charge in [0.1, 0.15) is 6.54 Å². The lowest BCUT2D eigenvalue weighted by Gasteiger charge is -2.13. The molecule has 1 unspecified atom stereocenters. The molecule has 2 aromatic carbocycles. The average molecular weight is 389 g/mol. The third-order valence-corrected chi connectivity index (χ3v) is 5.40. The average Bonchev–Trinajstić information content (AvgIpc) is 3.02.